The minimum Gasteiger partial charge on any atom is -0.250 e. The van der Waals surface area contributed by atoms with E-state index in [-0.39, 0.29) is 0 Å². The normalized spacial score (nSPS) is 9.75. The maximum Gasteiger partial charge on any atom is 0.0866 e. The Morgan fingerprint density at radius 3 is 2.83 bits per heavy atom. The lowest BCUT2D eigenvalue weighted by Gasteiger charge is -1.96. The van der Waals surface area contributed by atoms with Gasteiger partial charge >= 0.3 is 0 Å². The largest absolute Gasteiger partial charge is 0.250 e. The smallest absolute Gasteiger partial charge is 0.0866 e. The number of rotatable bonds is 3. The van der Waals surface area contributed by atoms with E-state index in [0.717, 1.165) is 17.9 Å². The van der Waals surface area contributed by atoms with E-state index in [1.165, 1.54) is 0 Å². The van der Waals surface area contributed by atoms with Gasteiger partial charge in [0.2, 0.25) is 0 Å². The highest BCUT2D eigenvalue weighted by Crippen LogP contribution is 2.05. The molecule has 0 atom stereocenters. The zero-order valence-corrected chi connectivity index (χ0v) is 7.41. The van der Waals surface area contributed by atoms with Gasteiger partial charge in [-0.2, -0.15) is 5.26 Å². The van der Waals surface area contributed by atoms with E-state index >= 15 is 0 Å². The van der Waals surface area contributed by atoms with E-state index in [2.05, 4.69) is 16.4 Å². The van der Waals surface area contributed by atoms with Crippen LogP contribution >= 0.6 is 0 Å². The lowest BCUT2D eigenvalue weighted by Crippen LogP contribution is -1.99. The number of nitriles is 1. The van der Waals surface area contributed by atoms with Crippen LogP contribution in [0.3, 0.4) is 0 Å². The molecule has 0 amide bonds. The van der Waals surface area contributed by atoms with Crippen molar-refractivity contribution < 1.29 is 0 Å². The van der Waals surface area contributed by atoms with Crippen molar-refractivity contribution in [2.75, 3.05) is 0 Å². The van der Waals surface area contributed by atoms with Gasteiger partial charge in [0.15, 0.2) is 0 Å². The van der Waals surface area contributed by atoms with Gasteiger partial charge in [0, 0.05) is 19.4 Å². The Morgan fingerprint density at radius 2 is 2.33 bits per heavy atom. The van der Waals surface area contributed by atoms with Crippen LogP contribution in [-0.2, 0) is 13.0 Å². The minimum absolute atomic E-state index is 0.517. The van der Waals surface area contributed by atoms with E-state index in [1.54, 1.807) is 0 Å². The Labute approximate surface area is 71.8 Å². The number of hydrogen-bond acceptors (Lipinski definition) is 3. The number of aromatic nitrogens is 3. The fourth-order valence-electron chi connectivity index (χ4n) is 1.10. The fraction of sp³-hybridized carbons (Fsp3) is 0.625. The van der Waals surface area contributed by atoms with Gasteiger partial charge in [-0.05, 0) is 13.8 Å². The van der Waals surface area contributed by atoms with Crippen molar-refractivity contribution in [1.29, 1.82) is 5.26 Å². The van der Waals surface area contributed by atoms with Gasteiger partial charge in [0.25, 0.3) is 0 Å². The molecular weight excluding hydrogens is 152 g/mol. The van der Waals surface area contributed by atoms with E-state index < -0.39 is 0 Å². The van der Waals surface area contributed by atoms with E-state index in [9.17, 15) is 0 Å². The van der Waals surface area contributed by atoms with Crippen LogP contribution in [0.25, 0.3) is 0 Å². The summed E-state index contributed by atoms with van der Waals surface area (Å²) in [7, 11) is 0. The van der Waals surface area contributed by atoms with Crippen molar-refractivity contribution in [1.82, 2.24) is 15.0 Å². The highest BCUT2D eigenvalue weighted by Gasteiger charge is 2.05. The maximum absolute atomic E-state index is 8.38. The molecule has 0 aromatic carbocycles. The van der Waals surface area contributed by atoms with Gasteiger partial charge in [-0.25, -0.2) is 4.68 Å². The molecule has 64 valence electrons. The van der Waals surface area contributed by atoms with Crippen LogP contribution in [0.15, 0.2) is 0 Å². The first kappa shape index (κ1) is 8.72. The third-order valence-electron chi connectivity index (χ3n) is 1.85. The zero-order chi connectivity index (χ0) is 8.97. The molecule has 0 radical (unpaired) electrons. The van der Waals surface area contributed by atoms with E-state index in [1.807, 2.05) is 18.5 Å². The van der Waals surface area contributed by atoms with Crippen LogP contribution in [0.5, 0.6) is 0 Å². The second kappa shape index (κ2) is 3.86. The second-order valence-electron chi connectivity index (χ2n) is 2.60. The zero-order valence-electron chi connectivity index (χ0n) is 7.41. The first-order valence-corrected chi connectivity index (χ1v) is 4.05. The average molecular weight is 164 g/mol. The first-order valence-electron chi connectivity index (χ1n) is 4.05. The molecule has 0 N–H and O–H groups in total. The van der Waals surface area contributed by atoms with Crippen LogP contribution in [0.4, 0.5) is 0 Å². The van der Waals surface area contributed by atoms with Crippen molar-refractivity contribution in [2.24, 2.45) is 0 Å². The van der Waals surface area contributed by atoms with Crippen molar-refractivity contribution in [2.45, 2.75) is 33.2 Å². The van der Waals surface area contributed by atoms with Crippen molar-refractivity contribution in [3.8, 4) is 6.07 Å². The number of aryl methyl sites for hydroxylation is 2. The molecular formula is C8H12N4. The lowest BCUT2D eigenvalue weighted by atomic mass is 10.2. The van der Waals surface area contributed by atoms with Crippen LogP contribution < -0.4 is 0 Å². The topological polar surface area (TPSA) is 54.5 Å². The SMILES string of the molecule is CCn1nnc(CCC#N)c1C. The standard InChI is InChI=1S/C8H12N4/c1-3-12-7(2)8(10-11-12)5-4-6-9/h3-5H2,1-2H3. The van der Waals surface area contributed by atoms with Gasteiger partial charge in [-0.1, -0.05) is 5.21 Å². The van der Waals surface area contributed by atoms with Crippen LogP contribution in [-0.4, -0.2) is 15.0 Å². The highest BCUT2D eigenvalue weighted by molar-refractivity contribution is 5.08. The summed E-state index contributed by atoms with van der Waals surface area (Å²) >= 11 is 0. The summed E-state index contributed by atoms with van der Waals surface area (Å²) < 4.78 is 1.84. The molecule has 1 aromatic heterocycles. The van der Waals surface area contributed by atoms with E-state index in [0.29, 0.717) is 12.8 Å². The van der Waals surface area contributed by atoms with Crippen molar-refractivity contribution in [3.63, 3.8) is 0 Å². The van der Waals surface area contributed by atoms with Gasteiger partial charge in [0.1, 0.15) is 0 Å². The molecule has 0 aliphatic carbocycles. The molecule has 1 heterocycles. The molecule has 4 nitrogen and oxygen atoms in total. The molecule has 0 spiro atoms. The first-order chi connectivity index (χ1) is 5.79. The fourth-order valence-corrected chi connectivity index (χ4v) is 1.10. The molecule has 4 heteroatoms. The summed E-state index contributed by atoms with van der Waals surface area (Å²) in [6.07, 6.45) is 1.23. The van der Waals surface area contributed by atoms with E-state index in [4.69, 9.17) is 5.26 Å². The molecule has 0 aliphatic heterocycles. The van der Waals surface area contributed by atoms with Crippen LogP contribution in [0, 0.1) is 18.3 Å². The van der Waals surface area contributed by atoms with Gasteiger partial charge in [-0.15, -0.1) is 5.10 Å². The Balaban J connectivity index is 2.74. The van der Waals surface area contributed by atoms with Crippen LogP contribution in [0.2, 0.25) is 0 Å². The van der Waals surface area contributed by atoms with Gasteiger partial charge < -0.3 is 0 Å². The Morgan fingerprint density at radius 1 is 1.58 bits per heavy atom. The maximum atomic E-state index is 8.38. The number of nitrogens with zero attached hydrogens (tertiary/aromatic N) is 4. The summed E-state index contributed by atoms with van der Waals surface area (Å²) in [5.41, 5.74) is 2.02. The predicted octanol–water partition coefficient (Wildman–Crippen LogP) is 1.06. The quantitative estimate of drug-likeness (QED) is 0.671. The number of hydrogen-bond donors (Lipinski definition) is 0. The highest BCUT2D eigenvalue weighted by atomic mass is 15.4. The summed E-state index contributed by atoms with van der Waals surface area (Å²) in [5, 5.41) is 16.3. The molecule has 0 saturated carbocycles. The lowest BCUT2D eigenvalue weighted by molar-refractivity contribution is 0.611. The third-order valence-corrected chi connectivity index (χ3v) is 1.85. The Kier molecular flexibility index (Phi) is 2.81. The van der Waals surface area contributed by atoms with Crippen molar-refractivity contribution >= 4 is 0 Å². The van der Waals surface area contributed by atoms with Gasteiger partial charge in [-0.3, -0.25) is 0 Å². The Hall–Kier alpha value is -1.37. The summed E-state index contributed by atoms with van der Waals surface area (Å²) in [4.78, 5) is 0. The van der Waals surface area contributed by atoms with Gasteiger partial charge in [0.05, 0.1) is 17.5 Å². The monoisotopic (exact) mass is 164 g/mol. The molecule has 1 aromatic rings. The summed E-state index contributed by atoms with van der Waals surface area (Å²) in [6, 6.07) is 2.09. The molecule has 0 saturated heterocycles. The molecule has 0 fully saturated rings. The Bertz CT molecular complexity index is 294. The third kappa shape index (κ3) is 1.62. The predicted molar refractivity (Wildman–Crippen MR) is 44.4 cm³/mol. The second-order valence-corrected chi connectivity index (χ2v) is 2.60. The molecule has 0 bridgehead atoms. The van der Waals surface area contributed by atoms with Crippen LogP contribution in [0.1, 0.15) is 24.7 Å². The molecule has 1 rings (SSSR count). The average Bonchev–Trinajstić information content (AvgIpc) is 2.43. The summed E-state index contributed by atoms with van der Waals surface area (Å²) in [6.45, 7) is 4.84. The summed E-state index contributed by atoms with van der Waals surface area (Å²) in [5.74, 6) is 0. The molecule has 0 unspecified atom stereocenters. The minimum atomic E-state index is 0.517. The molecule has 12 heavy (non-hydrogen) atoms. The molecule has 0 aliphatic rings. The van der Waals surface area contributed by atoms with Crippen molar-refractivity contribution in [3.05, 3.63) is 11.4 Å².